The zero-order valence-corrected chi connectivity index (χ0v) is 10.1. The molecule has 0 amide bonds. The van der Waals surface area contributed by atoms with Gasteiger partial charge < -0.3 is 0 Å². The molecule has 0 unspecified atom stereocenters. The fraction of sp³-hybridized carbons (Fsp3) is 0.538. The highest BCUT2D eigenvalue weighted by atomic mass is 15.2. The fourth-order valence-corrected chi connectivity index (χ4v) is 1.95. The Kier molecular flexibility index (Phi) is 2.69. The first-order chi connectivity index (χ1) is 7.50. The van der Waals surface area contributed by atoms with Crippen molar-refractivity contribution in [1.82, 2.24) is 9.88 Å². The van der Waals surface area contributed by atoms with Gasteiger partial charge in [0.05, 0.1) is 0 Å². The maximum absolute atomic E-state index is 8.67. The number of nitrogens with zero attached hydrogens (tertiary/aromatic N) is 3. The largest absolute Gasteiger partial charge is 0.297 e. The SMILES string of the molecule is CC(C)(C)N1CC(c2ccc(C#N)nc2)C1. The molecule has 0 aromatic carbocycles. The first-order valence-electron chi connectivity index (χ1n) is 5.62. The Hall–Kier alpha value is -1.40. The van der Waals surface area contributed by atoms with Gasteiger partial charge in [0.1, 0.15) is 11.8 Å². The van der Waals surface area contributed by atoms with Crippen molar-refractivity contribution in [1.29, 1.82) is 5.26 Å². The smallest absolute Gasteiger partial charge is 0.140 e. The van der Waals surface area contributed by atoms with Crippen molar-refractivity contribution in [3.63, 3.8) is 0 Å². The maximum atomic E-state index is 8.67. The summed E-state index contributed by atoms with van der Waals surface area (Å²) in [5, 5.41) is 8.67. The molecule has 3 nitrogen and oxygen atoms in total. The van der Waals surface area contributed by atoms with Crippen molar-refractivity contribution < 1.29 is 0 Å². The lowest BCUT2D eigenvalue weighted by molar-refractivity contribution is 0.0469. The van der Waals surface area contributed by atoms with Crippen LogP contribution in [0.15, 0.2) is 18.3 Å². The second-order valence-electron chi connectivity index (χ2n) is 5.36. The van der Waals surface area contributed by atoms with Crippen LogP contribution < -0.4 is 0 Å². The topological polar surface area (TPSA) is 39.9 Å². The van der Waals surface area contributed by atoms with Gasteiger partial charge in [0, 0.05) is 30.7 Å². The summed E-state index contributed by atoms with van der Waals surface area (Å²) in [5.74, 6) is 0.583. The van der Waals surface area contributed by atoms with E-state index in [0.29, 0.717) is 11.6 Å². The van der Waals surface area contributed by atoms with E-state index >= 15 is 0 Å². The van der Waals surface area contributed by atoms with Crippen LogP contribution in [0.25, 0.3) is 0 Å². The van der Waals surface area contributed by atoms with Crippen LogP contribution >= 0.6 is 0 Å². The van der Waals surface area contributed by atoms with Gasteiger partial charge in [-0.3, -0.25) is 4.90 Å². The zero-order valence-electron chi connectivity index (χ0n) is 10.1. The predicted octanol–water partition coefficient (Wildman–Crippen LogP) is 2.15. The molecule has 2 rings (SSSR count). The molecule has 16 heavy (non-hydrogen) atoms. The van der Waals surface area contributed by atoms with Gasteiger partial charge in [0.25, 0.3) is 0 Å². The molecular weight excluding hydrogens is 198 g/mol. The van der Waals surface area contributed by atoms with Gasteiger partial charge in [-0.1, -0.05) is 6.07 Å². The van der Waals surface area contributed by atoms with Crippen LogP contribution in [0, 0.1) is 11.3 Å². The van der Waals surface area contributed by atoms with E-state index in [4.69, 9.17) is 5.26 Å². The summed E-state index contributed by atoms with van der Waals surface area (Å²) in [4.78, 5) is 6.56. The average molecular weight is 215 g/mol. The van der Waals surface area contributed by atoms with E-state index < -0.39 is 0 Å². The third kappa shape index (κ3) is 2.07. The number of nitriles is 1. The summed E-state index contributed by atoms with van der Waals surface area (Å²) in [5.41, 5.74) is 2.01. The molecule has 84 valence electrons. The van der Waals surface area contributed by atoms with Gasteiger partial charge in [0.2, 0.25) is 0 Å². The molecule has 1 saturated heterocycles. The Labute approximate surface area is 96.7 Å². The van der Waals surface area contributed by atoms with Crippen LogP contribution in [0.4, 0.5) is 0 Å². The van der Waals surface area contributed by atoms with E-state index in [2.05, 4.69) is 30.7 Å². The zero-order chi connectivity index (χ0) is 11.8. The minimum Gasteiger partial charge on any atom is -0.297 e. The molecule has 0 saturated carbocycles. The summed E-state index contributed by atoms with van der Waals surface area (Å²) in [6.07, 6.45) is 1.84. The second kappa shape index (κ2) is 3.88. The van der Waals surface area contributed by atoms with Crippen LogP contribution in [0.2, 0.25) is 0 Å². The Morgan fingerprint density at radius 3 is 2.50 bits per heavy atom. The molecule has 0 aliphatic carbocycles. The van der Waals surface area contributed by atoms with Crippen molar-refractivity contribution in [2.45, 2.75) is 32.2 Å². The van der Waals surface area contributed by atoms with Gasteiger partial charge >= 0.3 is 0 Å². The summed E-state index contributed by atoms with van der Waals surface area (Å²) in [6, 6.07) is 5.87. The van der Waals surface area contributed by atoms with E-state index in [9.17, 15) is 0 Å². The number of pyridine rings is 1. The quantitative estimate of drug-likeness (QED) is 0.720. The van der Waals surface area contributed by atoms with E-state index in [1.54, 1.807) is 6.07 Å². The van der Waals surface area contributed by atoms with Crippen LogP contribution in [-0.2, 0) is 0 Å². The lowest BCUT2D eigenvalue weighted by Crippen LogP contribution is -2.54. The average Bonchev–Trinajstić information content (AvgIpc) is 2.14. The van der Waals surface area contributed by atoms with Crippen LogP contribution in [-0.4, -0.2) is 28.5 Å². The van der Waals surface area contributed by atoms with Gasteiger partial charge in [-0.2, -0.15) is 5.26 Å². The van der Waals surface area contributed by atoms with E-state index in [-0.39, 0.29) is 5.54 Å². The molecule has 1 aromatic rings. The van der Waals surface area contributed by atoms with E-state index in [0.717, 1.165) is 13.1 Å². The van der Waals surface area contributed by atoms with E-state index in [1.165, 1.54) is 5.56 Å². The molecule has 0 radical (unpaired) electrons. The van der Waals surface area contributed by atoms with Crippen LogP contribution in [0.1, 0.15) is 37.9 Å². The molecule has 0 spiro atoms. The van der Waals surface area contributed by atoms with Crippen molar-refractivity contribution in [2.75, 3.05) is 13.1 Å². The molecule has 0 bridgehead atoms. The summed E-state index contributed by atoms with van der Waals surface area (Å²) < 4.78 is 0. The van der Waals surface area contributed by atoms with Gasteiger partial charge in [0.15, 0.2) is 0 Å². The highest BCUT2D eigenvalue weighted by Crippen LogP contribution is 2.31. The molecule has 0 N–H and O–H groups in total. The van der Waals surface area contributed by atoms with Crippen molar-refractivity contribution in [3.05, 3.63) is 29.6 Å². The summed E-state index contributed by atoms with van der Waals surface area (Å²) in [7, 11) is 0. The first-order valence-corrected chi connectivity index (χ1v) is 5.62. The Morgan fingerprint density at radius 2 is 2.06 bits per heavy atom. The molecule has 3 heteroatoms. The molecular formula is C13H17N3. The Morgan fingerprint density at radius 1 is 1.38 bits per heavy atom. The van der Waals surface area contributed by atoms with Gasteiger partial charge in [-0.15, -0.1) is 0 Å². The van der Waals surface area contributed by atoms with Crippen LogP contribution in [0.3, 0.4) is 0 Å². The molecule has 1 aromatic heterocycles. The third-order valence-corrected chi connectivity index (χ3v) is 3.20. The lowest BCUT2D eigenvalue weighted by Gasteiger charge is -2.47. The lowest BCUT2D eigenvalue weighted by atomic mass is 9.88. The maximum Gasteiger partial charge on any atom is 0.140 e. The number of hydrogen-bond acceptors (Lipinski definition) is 3. The molecule has 1 fully saturated rings. The molecule has 1 aliphatic rings. The number of hydrogen-bond donors (Lipinski definition) is 0. The number of likely N-dealkylation sites (tertiary alicyclic amines) is 1. The minimum absolute atomic E-state index is 0.260. The molecule has 1 aliphatic heterocycles. The fourth-order valence-electron chi connectivity index (χ4n) is 1.95. The standard InChI is InChI=1S/C13H17N3/c1-13(2,3)16-8-11(9-16)10-4-5-12(6-14)15-7-10/h4-5,7,11H,8-9H2,1-3H3. The van der Waals surface area contributed by atoms with Gasteiger partial charge in [-0.05, 0) is 32.4 Å². The van der Waals surface area contributed by atoms with Gasteiger partial charge in [-0.25, -0.2) is 4.98 Å². The molecule has 0 atom stereocenters. The third-order valence-electron chi connectivity index (χ3n) is 3.20. The van der Waals surface area contributed by atoms with Crippen molar-refractivity contribution in [3.8, 4) is 6.07 Å². The Balaban J connectivity index is 1.99. The minimum atomic E-state index is 0.260. The first kappa shape index (κ1) is 11.1. The summed E-state index contributed by atoms with van der Waals surface area (Å²) >= 11 is 0. The number of aromatic nitrogens is 1. The summed E-state index contributed by atoms with van der Waals surface area (Å²) in [6.45, 7) is 8.90. The monoisotopic (exact) mass is 215 g/mol. The second-order valence-corrected chi connectivity index (χ2v) is 5.36. The highest BCUT2D eigenvalue weighted by molar-refractivity contribution is 5.27. The highest BCUT2D eigenvalue weighted by Gasteiger charge is 2.35. The Bertz CT molecular complexity index is 402. The van der Waals surface area contributed by atoms with E-state index in [1.807, 2.05) is 18.3 Å². The number of rotatable bonds is 1. The predicted molar refractivity (Wildman–Crippen MR) is 63.0 cm³/mol. The molecule has 2 heterocycles. The van der Waals surface area contributed by atoms with Crippen molar-refractivity contribution in [2.24, 2.45) is 0 Å². The van der Waals surface area contributed by atoms with Crippen molar-refractivity contribution >= 4 is 0 Å². The normalized spacial score (nSPS) is 17.9. The van der Waals surface area contributed by atoms with Crippen LogP contribution in [0.5, 0.6) is 0 Å².